The van der Waals surface area contributed by atoms with Crippen molar-refractivity contribution in [2.75, 3.05) is 0 Å². The Morgan fingerprint density at radius 2 is 1.50 bits per heavy atom. The summed E-state index contributed by atoms with van der Waals surface area (Å²) in [6, 6.07) is 22.9. The van der Waals surface area contributed by atoms with Crippen molar-refractivity contribution in [2.24, 2.45) is 0 Å². The molecule has 1 unspecified atom stereocenters. The van der Waals surface area contributed by atoms with Gasteiger partial charge >= 0.3 is 18.2 Å². The molecule has 0 N–H and O–H groups in total. The van der Waals surface area contributed by atoms with Crippen LogP contribution < -0.4 is 14.2 Å². The van der Waals surface area contributed by atoms with Gasteiger partial charge in [-0.3, -0.25) is 4.79 Å². The van der Waals surface area contributed by atoms with E-state index in [-0.39, 0.29) is 5.76 Å². The van der Waals surface area contributed by atoms with Crippen LogP contribution in [0.15, 0.2) is 84.6 Å². The molecule has 0 saturated carbocycles. The Hall–Kier alpha value is -3.53. The summed E-state index contributed by atoms with van der Waals surface area (Å²) in [5, 5.41) is 0. The molecule has 3 aromatic carbocycles. The van der Waals surface area contributed by atoms with E-state index in [1.165, 1.54) is 6.92 Å². The van der Waals surface area contributed by atoms with Gasteiger partial charge in [0, 0.05) is 19.1 Å². The second kappa shape index (κ2) is 11.1. The van der Waals surface area contributed by atoms with Gasteiger partial charge in [0.25, 0.3) is 0 Å². The first-order valence-electron chi connectivity index (χ1n) is 10.4. The fourth-order valence-electron chi connectivity index (χ4n) is 3.12. The van der Waals surface area contributed by atoms with Gasteiger partial charge in [0.05, 0.1) is 9.65 Å². The molecule has 1 atom stereocenters. The lowest BCUT2D eigenvalue weighted by atomic mass is 10.2. The van der Waals surface area contributed by atoms with Crippen LogP contribution in [0.3, 0.4) is 0 Å². The highest BCUT2D eigenvalue weighted by Crippen LogP contribution is 2.38. The Morgan fingerprint density at radius 3 is 2.12 bits per heavy atom. The topological polar surface area (TPSA) is 80.3 Å². The Morgan fingerprint density at radius 1 is 0.912 bits per heavy atom. The van der Waals surface area contributed by atoms with E-state index in [9.17, 15) is 9.59 Å². The molecule has 0 saturated heterocycles. The predicted molar refractivity (Wildman–Crippen MR) is 131 cm³/mol. The molecule has 34 heavy (non-hydrogen) atoms. The lowest BCUT2D eigenvalue weighted by molar-refractivity contribution is -0.155. The first kappa shape index (κ1) is 23.6. The molecule has 1 aliphatic heterocycles. The average molecular weight is 572 g/mol. The summed E-state index contributed by atoms with van der Waals surface area (Å²) in [7, 11) is 0. The van der Waals surface area contributed by atoms with Gasteiger partial charge in [0.1, 0.15) is 30.5 Å². The number of ether oxygens (including phenoxy) is 5. The molecule has 1 heterocycles. The molecular formula is C26H21IO7. The van der Waals surface area contributed by atoms with Gasteiger partial charge in [0.2, 0.25) is 0 Å². The highest BCUT2D eigenvalue weighted by atomic mass is 127. The SMILES string of the molecule is CC(=O)OC1=CC(=O)OC1Oc1cc(OCc2ccccc2)cc(OCc2ccccc2)c1I. The Kier molecular flexibility index (Phi) is 7.69. The molecule has 1 aliphatic rings. The maximum absolute atomic E-state index is 11.8. The van der Waals surface area contributed by atoms with Crippen LogP contribution in [0.2, 0.25) is 0 Å². The van der Waals surface area contributed by atoms with Crippen molar-refractivity contribution in [1.82, 2.24) is 0 Å². The van der Waals surface area contributed by atoms with Gasteiger partial charge in [0.15, 0.2) is 5.76 Å². The third kappa shape index (κ3) is 6.28. The first-order chi connectivity index (χ1) is 16.5. The minimum atomic E-state index is -1.20. The molecule has 174 valence electrons. The Bertz CT molecular complexity index is 1190. The summed E-state index contributed by atoms with van der Waals surface area (Å²) in [6.45, 7) is 1.92. The summed E-state index contributed by atoms with van der Waals surface area (Å²) in [5.41, 5.74) is 2.00. The number of halogens is 1. The van der Waals surface area contributed by atoms with Crippen molar-refractivity contribution in [3.8, 4) is 17.2 Å². The fraction of sp³-hybridized carbons (Fsp3) is 0.154. The number of hydrogen-bond donors (Lipinski definition) is 0. The average Bonchev–Trinajstić information content (AvgIpc) is 3.17. The van der Waals surface area contributed by atoms with Crippen LogP contribution >= 0.6 is 22.6 Å². The van der Waals surface area contributed by atoms with Crippen LogP contribution in [-0.4, -0.2) is 18.2 Å². The Labute approximate surface area is 210 Å². The van der Waals surface area contributed by atoms with E-state index in [2.05, 4.69) is 22.6 Å². The molecule has 0 amide bonds. The van der Waals surface area contributed by atoms with Crippen molar-refractivity contribution < 1.29 is 33.3 Å². The number of benzene rings is 3. The number of carbonyl (C=O) groups is 2. The summed E-state index contributed by atoms with van der Waals surface area (Å²) >= 11 is 2.09. The molecule has 0 aromatic heterocycles. The molecule has 7 nitrogen and oxygen atoms in total. The number of rotatable bonds is 9. The molecular weight excluding hydrogens is 551 g/mol. The monoisotopic (exact) mass is 572 g/mol. The van der Waals surface area contributed by atoms with Crippen LogP contribution in [-0.2, 0) is 32.3 Å². The molecule has 4 rings (SSSR count). The smallest absolute Gasteiger partial charge is 0.337 e. The molecule has 0 bridgehead atoms. The van der Waals surface area contributed by atoms with Crippen molar-refractivity contribution in [3.05, 3.63) is 99.3 Å². The van der Waals surface area contributed by atoms with Crippen LogP contribution in [0.4, 0.5) is 0 Å². The van der Waals surface area contributed by atoms with E-state index in [4.69, 9.17) is 23.7 Å². The van der Waals surface area contributed by atoms with Gasteiger partial charge in [-0.25, -0.2) is 4.79 Å². The zero-order chi connectivity index (χ0) is 23.9. The van der Waals surface area contributed by atoms with E-state index < -0.39 is 18.2 Å². The quantitative estimate of drug-likeness (QED) is 0.259. The van der Waals surface area contributed by atoms with Crippen molar-refractivity contribution >= 4 is 34.5 Å². The van der Waals surface area contributed by atoms with Gasteiger partial charge in [-0.05, 0) is 33.7 Å². The highest BCUT2D eigenvalue weighted by Gasteiger charge is 2.32. The molecule has 8 heteroatoms. The number of cyclic esters (lactones) is 1. The van der Waals surface area contributed by atoms with Crippen LogP contribution in [0, 0.1) is 3.57 Å². The minimum absolute atomic E-state index is 0.0179. The van der Waals surface area contributed by atoms with Gasteiger partial charge < -0.3 is 23.7 Å². The lowest BCUT2D eigenvalue weighted by Gasteiger charge is -2.19. The van der Waals surface area contributed by atoms with E-state index in [0.29, 0.717) is 34.0 Å². The van der Waals surface area contributed by atoms with E-state index in [0.717, 1.165) is 17.2 Å². The fourth-order valence-corrected chi connectivity index (χ4v) is 3.72. The zero-order valence-corrected chi connectivity index (χ0v) is 20.4. The predicted octanol–water partition coefficient (Wildman–Crippen LogP) is 5.16. The zero-order valence-electron chi connectivity index (χ0n) is 18.2. The van der Waals surface area contributed by atoms with Crippen LogP contribution in [0.5, 0.6) is 17.2 Å². The normalized spacial score (nSPS) is 14.7. The standard InChI is InChI=1S/C26H21IO7/c1-17(28)32-23-14-24(29)34-26(23)33-22-13-20(30-15-18-8-4-2-5-9-18)12-21(25(22)27)31-16-19-10-6-3-7-11-19/h2-14,26H,15-16H2,1H3. The maximum atomic E-state index is 11.8. The van der Waals surface area contributed by atoms with Gasteiger partial charge in [-0.2, -0.15) is 0 Å². The lowest BCUT2D eigenvalue weighted by Crippen LogP contribution is -2.22. The van der Waals surface area contributed by atoms with E-state index in [1.54, 1.807) is 12.1 Å². The third-order valence-electron chi connectivity index (χ3n) is 4.68. The second-order valence-corrected chi connectivity index (χ2v) is 8.39. The molecule has 0 radical (unpaired) electrons. The van der Waals surface area contributed by atoms with Gasteiger partial charge in [-0.15, -0.1) is 0 Å². The molecule has 3 aromatic rings. The summed E-state index contributed by atoms with van der Waals surface area (Å²) in [5.74, 6) is 0.132. The van der Waals surface area contributed by atoms with Crippen molar-refractivity contribution in [3.63, 3.8) is 0 Å². The third-order valence-corrected chi connectivity index (χ3v) is 5.74. The molecule has 0 aliphatic carbocycles. The summed E-state index contributed by atoms with van der Waals surface area (Å²) in [6.07, 6.45) is -0.113. The second-order valence-electron chi connectivity index (χ2n) is 7.31. The molecule has 0 fully saturated rings. The summed E-state index contributed by atoms with van der Waals surface area (Å²) in [4.78, 5) is 23.1. The highest BCUT2D eigenvalue weighted by molar-refractivity contribution is 14.1. The summed E-state index contributed by atoms with van der Waals surface area (Å²) < 4.78 is 28.8. The van der Waals surface area contributed by atoms with Crippen LogP contribution in [0.25, 0.3) is 0 Å². The largest absolute Gasteiger partial charge is 0.489 e. The molecule has 0 spiro atoms. The van der Waals surface area contributed by atoms with Crippen molar-refractivity contribution in [1.29, 1.82) is 0 Å². The maximum Gasteiger partial charge on any atom is 0.337 e. The number of carbonyl (C=O) groups excluding carboxylic acids is 2. The van der Waals surface area contributed by atoms with E-state index in [1.807, 2.05) is 60.7 Å². The first-order valence-corrected chi connectivity index (χ1v) is 11.5. The van der Waals surface area contributed by atoms with E-state index >= 15 is 0 Å². The van der Waals surface area contributed by atoms with Crippen LogP contribution in [0.1, 0.15) is 18.1 Å². The number of esters is 2. The Balaban J connectivity index is 1.58. The van der Waals surface area contributed by atoms with Gasteiger partial charge in [-0.1, -0.05) is 60.7 Å². The number of hydrogen-bond acceptors (Lipinski definition) is 7. The van der Waals surface area contributed by atoms with Crippen molar-refractivity contribution in [2.45, 2.75) is 26.4 Å². The minimum Gasteiger partial charge on any atom is -0.489 e.